The molecule has 28 heavy (non-hydrogen) atoms. The summed E-state index contributed by atoms with van der Waals surface area (Å²) in [6, 6.07) is 5.92. The lowest BCUT2D eigenvalue weighted by Gasteiger charge is -2.33. The molecule has 154 valence electrons. The molecule has 0 spiro atoms. The van der Waals surface area contributed by atoms with Crippen molar-refractivity contribution >= 4 is 18.1 Å². The third kappa shape index (κ3) is 6.29. The lowest BCUT2D eigenvalue weighted by molar-refractivity contribution is -0.118. The second kappa shape index (κ2) is 9.13. The van der Waals surface area contributed by atoms with Crippen molar-refractivity contribution in [3.8, 4) is 5.75 Å². The Labute approximate surface area is 167 Å². The Hall–Kier alpha value is -2.50. The topological polar surface area (TPSA) is 76.7 Å². The van der Waals surface area contributed by atoms with Gasteiger partial charge in [-0.15, -0.1) is 0 Å². The summed E-state index contributed by atoms with van der Waals surface area (Å²) < 4.78 is 10.8. The van der Waals surface area contributed by atoms with Crippen LogP contribution < -0.4 is 15.4 Å². The van der Waals surface area contributed by atoms with E-state index in [1.807, 2.05) is 52.8 Å². The van der Waals surface area contributed by atoms with Gasteiger partial charge in [-0.05, 0) is 62.9 Å². The molecule has 1 aliphatic heterocycles. The van der Waals surface area contributed by atoms with Crippen molar-refractivity contribution in [2.45, 2.75) is 65.0 Å². The van der Waals surface area contributed by atoms with Gasteiger partial charge in [0.25, 0.3) is 0 Å². The summed E-state index contributed by atoms with van der Waals surface area (Å²) in [5.41, 5.74) is 1.05. The van der Waals surface area contributed by atoms with Crippen LogP contribution in [0.1, 0.15) is 58.6 Å². The SMILES string of the molecule is CCC(CC)(CNC(=O)OC(C)(C)C)NC(=O)/C=C/c1ccc2c(c1)CCO2. The predicted octanol–water partition coefficient (Wildman–Crippen LogP) is 3.83. The van der Waals surface area contributed by atoms with Crippen LogP contribution >= 0.6 is 0 Å². The van der Waals surface area contributed by atoms with E-state index in [1.54, 1.807) is 6.08 Å². The summed E-state index contributed by atoms with van der Waals surface area (Å²) in [5, 5.41) is 5.83. The first kappa shape index (κ1) is 21.8. The largest absolute Gasteiger partial charge is 0.493 e. The average molecular weight is 389 g/mol. The maximum Gasteiger partial charge on any atom is 0.407 e. The number of ether oxygens (including phenoxy) is 2. The molecule has 1 aromatic carbocycles. The van der Waals surface area contributed by atoms with Gasteiger partial charge in [0.05, 0.1) is 12.1 Å². The summed E-state index contributed by atoms with van der Waals surface area (Å²) in [7, 11) is 0. The van der Waals surface area contributed by atoms with Gasteiger partial charge in [-0.25, -0.2) is 4.79 Å². The van der Waals surface area contributed by atoms with Crippen molar-refractivity contribution in [3.63, 3.8) is 0 Å². The number of benzene rings is 1. The third-order valence-electron chi connectivity index (χ3n) is 4.85. The molecule has 1 heterocycles. The molecule has 0 bridgehead atoms. The lowest BCUT2D eigenvalue weighted by Crippen LogP contribution is -2.55. The number of carbonyl (C=O) groups excluding carboxylic acids is 2. The summed E-state index contributed by atoms with van der Waals surface area (Å²) >= 11 is 0. The van der Waals surface area contributed by atoms with Crippen LogP contribution in [0.25, 0.3) is 6.08 Å². The normalized spacial score (nSPS) is 13.8. The molecule has 2 rings (SSSR count). The number of hydrogen-bond donors (Lipinski definition) is 2. The van der Waals surface area contributed by atoms with Crippen LogP contribution in [0.15, 0.2) is 24.3 Å². The van der Waals surface area contributed by atoms with E-state index in [2.05, 4.69) is 10.6 Å². The predicted molar refractivity (Wildman–Crippen MR) is 110 cm³/mol. The van der Waals surface area contributed by atoms with Crippen LogP contribution in [0.3, 0.4) is 0 Å². The van der Waals surface area contributed by atoms with E-state index in [9.17, 15) is 9.59 Å². The second-order valence-corrected chi connectivity index (χ2v) is 8.13. The standard InChI is InChI=1S/C22H32N2O4/c1-6-22(7-2,15-23-20(26)28-21(3,4)5)24-19(25)11-9-16-8-10-18-17(14-16)12-13-27-18/h8-11,14H,6-7,12-13,15H2,1-5H3,(H,23,26)(H,24,25)/b11-9+. The molecule has 0 aliphatic carbocycles. The Balaban J connectivity index is 1.96. The summed E-state index contributed by atoms with van der Waals surface area (Å²) in [6.07, 6.45) is 5.12. The monoisotopic (exact) mass is 388 g/mol. The van der Waals surface area contributed by atoms with Crippen molar-refractivity contribution in [1.29, 1.82) is 0 Å². The minimum absolute atomic E-state index is 0.188. The Morgan fingerprint density at radius 3 is 2.57 bits per heavy atom. The highest BCUT2D eigenvalue weighted by Gasteiger charge is 2.29. The van der Waals surface area contributed by atoms with Gasteiger partial charge >= 0.3 is 6.09 Å². The van der Waals surface area contributed by atoms with Gasteiger partial charge in [0.2, 0.25) is 5.91 Å². The third-order valence-corrected chi connectivity index (χ3v) is 4.85. The molecule has 0 unspecified atom stereocenters. The zero-order valence-electron chi connectivity index (χ0n) is 17.6. The Kier molecular flexibility index (Phi) is 7.11. The summed E-state index contributed by atoms with van der Waals surface area (Å²) in [4.78, 5) is 24.4. The van der Waals surface area contributed by atoms with E-state index in [-0.39, 0.29) is 5.91 Å². The number of amides is 2. The van der Waals surface area contributed by atoms with Gasteiger partial charge in [-0.1, -0.05) is 19.9 Å². The smallest absolute Gasteiger partial charge is 0.407 e. The highest BCUT2D eigenvalue weighted by Crippen LogP contribution is 2.26. The van der Waals surface area contributed by atoms with Crippen molar-refractivity contribution in [1.82, 2.24) is 10.6 Å². The highest BCUT2D eigenvalue weighted by atomic mass is 16.6. The van der Waals surface area contributed by atoms with Crippen LogP contribution in [-0.2, 0) is 16.0 Å². The lowest BCUT2D eigenvalue weighted by atomic mass is 9.92. The molecule has 0 radical (unpaired) electrons. The van der Waals surface area contributed by atoms with Crippen molar-refractivity contribution in [3.05, 3.63) is 35.4 Å². The number of hydrogen-bond acceptors (Lipinski definition) is 4. The fourth-order valence-electron chi connectivity index (χ4n) is 3.06. The van der Waals surface area contributed by atoms with E-state index in [0.29, 0.717) is 26.0 Å². The molecule has 0 saturated heterocycles. The number of rotatable bonds is 7. The van der Waals surface area contributed by atoms with E-state index >= 15 is 0 Å². The highest BCUT2D eigenvalue weighted by molar-refractivity contribution is 5.92. The molecule has 1 aromatic rings. The number of nitrogens with one attached hydrogen (secondary N) is 2. The molecule has 6 nitrogen and oxygen atoms in total. The van der Waals surface area contributed by atoms with Gasteiger partial charge < -0.3 is 20.1 Å². The van der Waals surface area contributed by atoms with Crippen LogP contribution in [0.2, 0.25) is 0 Å². The Morgan fingerprint density at radius 1 is 1.21 bits per heavy atom. The quantitative estimate of drug-likeness (QED) is 0.696. The first-order chi connectivity index (χ1) is 13.2. The molecular weight excluding hydrogens is 356 g/mol. The maximum absolute atomic E-state index is 12.5. The van der Waals surface area contributed by atoms with Crippen LogP contribution in [0.4, 0.5) is 4.79 Å². The number of alkyl carbamates (subject to hydrolysis) is 1. The number of carbonyl (C=O) groups is 2. The van der Waals surface area contributed by atoms with Gasteiger partial charge in [-0.2, -0.15) is 0 Å². The molecule has 2 N–H and O–H groups in total. The van der Waals surface area contributed by atoms with E-state index in [0.717, 1.165) is 17.7 Å². The zero-order valence-corrected chi connectivity index (χ0v) is 17.6. The molecule has 0 aromatic heterocycles. The van der Waals surface area contributed by atoms with Crippen LogP contribution in [-0.4, -0.2) is 36.3 Å². The number of fused-ring (bicyclic) bond motifs is 1. The molecule has 1 aliphatic rings. The molecule has 2 amide bonds. The van der Waals surface area contributed by atoms with Gasteiger partial charge in [-0.3, -0.25) is 4.79 Å². The molecule has 0 atom stereocenters. The van der Waals surface area contributed by atoms with E-state index in [4.69, 9.17) is 9.47 Å². The van der Waals surface area contributed by atoms with E-state index in [1.165, 1.54) is 11.6 Å². The van der Waals surface area contributed by atoms with Crippen molar-refractivity contribution in [2.24, 2.45) is 0 Å². The zero-order chi connectivity index (χ0) is 20.8. The van der Waals surface area contributed by atoms with Crippen LogP contribution in [0, 0.1) is 0 Å². The Bertz CT molecular complexity index is 731. The molecule has 0 saturated carbocycles. The second-order valence-electron chi connectivity index (χ2n) is 8.13. The van der Waals surface area contributed by atoms with Crippen molar-refractivity contribution < 1.29 is 19.1 Å². The fraction of sp³-hybridized carbons (Fsp3) is 0.545. The summed E-state index contributed by atoms with van der Waals surface area (Å²) in [6.45, 7) is 10.5. The minimum atomic E-state index is -0.557. The molecule has 6 heteroatoms. The van der Waals surface area contributed by atoms with E-state index < -0.39 is 17.2 Å². The fourth-order valence-corrected chi connectivity index (χ4v) is 3.06. The molecular formula is C22H32N2O4. The first-order valence-corrected chi connectivity index (χ1v) is 9.89. The van der Waals surface area contributed by atoms with Crippen LogP contribution in [0.5, 0.6) is 5.75 Å². The average Bonchev–Trinajstić information content (AvgIpc) is 3.10. The van der Waals surface area contributed by atoms with Gasteiger partial charge in [0.1, 0.15) is 11.4 Å². The van der Waals surface area contributed by atoms with Crippen molar-refractivity contribution in [2.75, 3.05) is 13.2 Å². The minimum Gasteiger partial charge on any atom is -0.493 e. The van der Waals surface area contributed by atoms with Gasteiger partial charge in [0.15, 0.2) is 0 Å². The maximum atomic E-state index is 12.5. The van der Waals surface area contributed by atoms with Gasteiger partial charge in [0, 0.05) is 19.0 Å². The molecule has 0 fully saturated rings. The Morgan fingerprint density at radius 2 is 1.93 bits per heavy atom. The first-order valence-electron chi connectivity index (χ1n) is 9.89. The summed E-state index contributed by atoms with van der Waals surface area (Å²) in [5.74, 6) is 0.734.